The molecule has 0 spiro atoms. The van der Waals surface area contributed by atoms with Gasteiger partial charge < -0.3 is 10.3 Å². The Hall–Kier alpha value is -3.47. The van der Waals surface area contributed by atoms with Crippen LogP contribution in [0.1, 0.15) is 21.6 Å². The van der Waals surface area contributed by atoms with Crippen LogP contribution in [-0.2, 0) is 6.54 Å². The minimum atomic E-state index is -0.166. The number of nitrogens with zero attached hydrogens (tertiary/aromatic N) is 2. The summed E-state index contributed by atoms with van der Waals surface area (Å²) in [4.78, 5) is 24.3. The Balaban J connectivity index is 1.50. The van der Waals surface area contributed by atoms with Crippen LogP contribution in [0.3, 0.4) is 0 Å². The number of H-pyrrole nitrogens is 1. The maximum Gasteiger partial charge on any atom is 0.253 e. The molecule has 4 aromatic rings. The summed E-state index contributed by atoms with van der Waals surface area (Å²) in [6, 6.07) is 15.9. The quantitative estimate of drug-likeness (QED) is 0.591. The molecule has 4 rings (SSSR count). The van der Waals surface area contributed by atoms with Gasteiger partial charge in [0.05, 0.1) is 17.8 Å². The molecule has 1 amide bonds. The van der Waals surface area contributed by atoms with E-state index in [9.17, 15) is 4.79 Å². The first kappa shape index (κ1) is 16.0. The molecule has 0 fully saturated rings. The van der Waals surface area contributed by atoms with Crippen molar-refractivity contribution >= 4 is 16.9 Å². The lowest BCUT2D eigenvalue weighted by atomic mass is 10.0. The summed E-state index contributed by atoms with van der Waals surface area (Å²) >= 11 is 0. The number of aryl methyl sites for hydroxylation is 1. The van der Waals surface area contributed by atoms with E-state index in [0.29, 0.717) is 12.1 Å². The SMILES string of the molecule is Cc1cccc(-c2cncc(C(=O)NCc3ccc4cc[nH]c4n3)c2)c1. The highest BCUT2D eigenvalue weighted by Gasteiger charge is 2.09. The number of hydrogen-bond acceptors (Lipinski definition) is 3. The van der Waals surface area contributed by atoms with Gasteiger partial charge in [-0.3, -0.25) is 9.78 Å². The molecule has 26 heavy (non-hydrogen) atoms. The molecule has 0 aliphatic heterocycles. The van der Waals surface area contributed by atoms with Gasteiger partial charge in [-0.25, -0.2) is 4.98 Å². The summed E-state index contributed by atoms with van der Waals surface area (Å²) in [5.41, 5.74) is 5.29. The standard InChI is InChI=1S/C21H18N4O/c1-14-3-2-4-16(9-14)17-10-18(12-22-11-17)21(26)24-13-19-6-5-15-7-8-23-20(15)25-19/h2-12H,13H2,1H3,(H,23,25)(H,24,26). The molecule has 5 nitrogen and oxygen atoms in total. The number of nitrogens with one attached hydrogen (secondary N) is 2. The number of benzene rings is 1. The van der Waals surface area contributed by atoms with Crippen molar-refractivity contribution in [3.63, 3.8) is 0 Å². The van der Waals surface area contributed by atoms with E-state index in [1.165, 1.54) is 5.56 Å². The summed E-state index contributed by atoms with van der Waals surface area (Å²) in [6.07, 6.45) is 5.20. The van der Waals surface area contributed by atoms with E-state index in [0.717, 1.165) is 27.9 Å². The van der Waals surface area contributed by atoms with E-state index < -0.39 is 0 Å². The number of hydrogen-bond donors (Lipinski definition) is 2. The topological polar surface area (TPSA) is 70.7 Å². The number of aromatic amines is 1. The lowest BCUT2D eigenvalue weighted by Crippen LogP contribution is -2.23. The molecule has 0 saturated heterocycles. The molecule has 0 aliphatic carbocycles. The fraction of sp³-hybridized carbons (Fsp3) is 0.0952. The minimum absolute atomic E-state index is 0.166. The second-order valence-electron chi connectivity index (χ2n) is 6.23. The molecule has 0 atom stereocenters. The first-order valence-corrected chi connectivity index (χ1v) is 8.42. The molecule has 0 bridgehead atoms. The molecule has 1 aromatic carbocycles. The highest BCUT2D eigenvalue weighted by atomic mass is 16.1. The fourth-order valence-corrected chi connectivity index (χ4v) is 2.89. The van der Waals surface area contributed by atoms with Crippen LogP contribution >= 0.6 is 0 Å². The van der Waals surface area contributed by atoms with Crippen molar-refractivity contribution in [1.29, 1.82) is 0 Å². The predicted molar refractivity (Wildman–Crippen MR) is 102 cm³/mol. The molecule has 3 aromatic heterocycles. The Morgan fingerprint density at radius 2 is 2.00 bits per heavy atom. The Morgan fingerprint density at radius 1 is 1.08 bits per heavy atom. The van der Waals surface area contributed by atoms with Crippen LogP contribution in [0, 0.1) is 6.92 Å². The Labute approximate surface area is 151 Å². The summed E-state index contributed by atoms with van der Waals surface area (Å²) in [5, 5.41) is 3.96. The van der Waals surface area contributed by atoms with E-state index in [1.807, 2.05) is 55.6 Å². The van der Waals surface area contributed by atoms with Gasteiger partial charge in [-0.05, 0) is 36.8 Å². The van der Waals surface area contributed by atoms with Gasteiger partial charge in [0.1, 0.15) is 5.65 Å². The molecule has 0 saturated carbocycles. The van der Waals surface area contributed by atoms with Gasteiger partial charge >= 0.3 is 0 Å². The maximum atomic E-state index is 12.5. The zero-order chi connectivity index (χ0) is 17.9. The summed E-state index contributed by atoms with van der Waals surface area (Å²) in [7, 11) is 0. The van der Waals surface area contributed by atoms with Crippen molar-refractivity contribution in [2.24, 2.45) is 0 Å². The average Bonchev–Trinajstić information content (AvgIpc) is 3.14. The normalized spacial score (nSPS) is 10.8. The number of fused-ring (bicyclic) bond motifs is 1. The van der Waals surface area contributed by atoms with Crippen molar-refractivity contribution in [1.82, 2.24) is 20.3 Å². The van der Waals surface area contributed by atoms with Crippen LogP contribution in [0.15, 0.2) is 67.1 Å². The molecular weight excluding hydrogens is 324 g/mol. The maximum absolute atomic E-state index is 12.5. The largest absolute Gasteiger partial charge is 0.346 e. The number of aromatic nitrogens is 3. The van der Waals surface area contributed by atoms with Crippen LogP contribution in [0.5, 0.6) is 0 Å². The van der Waals surface area contributed by atoms with E-state index in [-0.39, 0.29) is 5.91 Å². The molecule has 0 aliphatic rings. The minimum Gasteiger partial charge on any atom is -0.346 e. The van der Waals surface area contributed by atoms with Gasteiger partial charge in [0, 0.05) is 29.5 Å². The highest BCUT2D eigenvalue weighted by molar-refractivity contribution is 5.95. The molecule has 128 valence electrons. The van der Waals surface area contributed by atoms with Crippen LogP contribution in [0.4, 0.5) is 0 Å². The van der Waals surface area contributed by atoms with E-state index in [4.69, 9.17) is 0 Å². The third kappa shape index (κ3) is 3.32. The number of rotatable bonds is 4. The summed E-state index contributed by atoms with van der Waals surface area (Å²) in [5.74, 6) is -0.166. The average molecular weight is 342 g/mol. The molecule has 2 N–H and O–H groups in total. The second-order valence-corrected chi connectivity index (χ2v) is 6.23. The fourth-order valence-electron chi connectivity index (χ4n) is 2.89. The van der Waals surface area contributed by atoms with Gasteiger partial charge in [0.25, 0.3) is 5.91 Å². The smallest absolute Gasteiger partial charge is 0.253 e. The molecule has 0 unspecified atom stereocenters. The number of carbonyl (C=O) groups is 1. The highest BCUT2D eigenvalue weighted by Crippen LogP contribution is 2.20. The lowest BCUT2D eigenvalue weighted by molar-refractivity contribution is 0.0950. The number of carbonyl (C=O) groups excluding carboxylic acids is 1. The molecule has 5 heteroatoms. The molecule has 3 heterocycles. The van der Waals surface area contributed by atoms with Crippen molar-refractivity contribution in [3.8, 4) is 11.1 Å². The van der Waals surface area contributed by atoms with Crippen LogP contribution in [0.2, 0.25) is 0 Å². The van der Waals surface area contributed by atoms with E-state index in [2.05, 4.69) is 26.3 Å². The van der Waals surface area contributed by atoms with Crippen molar-refractivity contribution in [2.75, 3.05) is 0 Å². The molecular formula is C21H18N4O. The van der Waals surface area contributed by atoms with E-state index in [1.54, 1.807) is 12.4 Å². The van der Waals surface area contributed by atoms with Gasteiger partial charge in [-0.15, -0.1) is 0 Å². The summed E-state index contributed by atoms with van der Waals surface area (Å²) in [6.45, 7) is 2.41. The Bertz CT molecular complexity index is 1080. The van der Waals surface area contributed by atoms with Crippen LogP contribution in [0.25, 0.3) is 22.2 Å². The van der Waals surface area contributed by atoms with Crippen molar-refractivity contribution in [3.05, 3.63) is 83.9 Å². The monoisotopic (exact) mass is 342 g/mol. The van der Waals surface area contributed by atoms with Gasteiger partial charge in [-0.1, -0.05) is 29.8 Å². The number of amides is 1. The predicted octanol–water partition coefficient (Wildman–Crippen LogP) is 3.86. The third-order valence-electron chi connectivity index (χ3n) is 4.25. The van der Waals surface area contributed by atoms with E-state index >= 15 is 0 Å². The first-order valence-electron chi connectivity index (χ1n) is 8.42. The molecule has 0 radical (unpaired) electrons. The third-order valence-corrected chi connectivity index (χ3v) is 4.25. The Kier molecular flexibility index (Phi) is 4.19. The van der Waals surface area contributed by atoms with Crippen molar-refractivity contribution < 1.29 is 4.79 Å². The van der Waals surface area contributed by atoms with Crippen LogP contribution < -0.4 is 5.32 Å². The zero-order valence-corrected chi connectivity index (χ0v) is 14.4. The van der Waals surface area contributed by atoms with Gasteiger partial charge in [-0.2, -0.15) is 0 Å². The van der Waals surface area contributed by atoms with Gasteiger partial charge in [0.2, 0.25) is 0 Å². The lowest BCUT2D eigenvalue weighted by Gasteiger charge is -2.07. The van der Waals surface area contributed by atoms with Crippen LogP contribution in [-0.4, -0.2) is 20.9 Å². The number of pyridine rings is 2. The van der Waals surface area contributed by atoms with Crippen molar-refractivity contribution in [2.45, 2.75) is 13.5 Å². The van der Waals surface area contributed by atoms with Gasteiger partial charge in [0.15, 0.2) is 0 Å². The zero-order valence-electron chi connectivity index (χ0n) is 14.4. The Morgan fingerprint density at radius 3 is 2.88 bits per heavy atom. The summed E-state index contributed by atoms with van der Waals surface area (Å²) < 4.78 is 0. The first-order chi connectivity index (χ1) is 12.7. The second kappa shape index (κ2) is 6.80.